The second-order valence-corrected chi connectivity index (χ2v) is 8.86. The molecule has 3 N–H and O–H groups in total. The first-order valence-corrected chi connectivity index (χ1v) is 11.6. The number of pyridine rings is 1. The van der Waals surface area contributed by atoms with Gasteiger partial charge in [0, 0.05) is 35.3 Å². The molecule has 0 aliphatic carbocycles. The van der Waals surface area contributed by atoms with Gasteiger partial charge in [-0.15, -0.1) is 0 Å². The molecule has 9 heteroatoms. The summed E-state index contributed by atoms with van der Waals surface area (Å²) in [6.07, 6.45) is 7.74. The van der Waals surface area contributed by atoms with Gasteiger partial charge in [-0.3, -0.25) is 4.79 Å². The minimum absolute atomic E-state index is 0.212. The van der Waals surface area contributed by atoms with Gasteiger partial charge in [0.25, 0.3) is 5.56 Å². The van der Waals surface area contributed by atoms with E-state index in [0.29, 0.717) is 23.6 Å². The Morgan fingerprint density at radius 3 is 2.88 bits per heavy atom. The van der Waals surface area contributed by atoms with E-state index < -0.39 is 0 Å². The van der Waals surface area contributed by atoms with E-state index in [1.807, 2.05) is 54.1 Å². The number of hydrogen-bond acceptors (Lipinski definition) is 5. The van der Waals surface area contributed by atoms with Crippen LogP contribution in [0.2, 0.25) is 0 Å². The Morgan fingerprint density at radius 1 is 1.21 bits per heavy atom. The van der Waals surface area contributed by atoms with Crippen molar-refractivity contribution in [1.82, 2.24) is 24.5 Å². The first-order valence-electron chi connectivity index (χ1n) is 10.8. The van der Waals surface area contributed by atoms with Crippen LogP contribution in [0.5, 0.6) is 5.75 Å². The van der Waals surface area contributed by atoms with Crippen molar-refractivity contribution in [2.75, 3.05) is 19.0 Å². The molecule has 5 aromatic rings. The van der Waals surface area contributed by atoms with Crippen molar-refractivity contribution in [1.29, 1.82) is 0 Å². The zero-order valence-corrected chi connectivity index (χ0v) is 20.3. The molecule has 0 radical (unpaired) electrons. The van der Waals surface area contributed by atoms with E-state index in [4.69, 9.17) is 9.72 Å². The van der Waals surface area contributed by atoms with E-state index in [1.54, 1.807) is 25.8 Å². The topological polar surface area (TPSA) is 101 Å². The molecule has 172 valence electrons. The summed E-state index contributed by atoms with van der Waals surface area (Å²) in [5.74, 6) is 1.35. The van der Waals surface area contributed by atoms with Crippen molar-refractivity contribution in [3.8, 4) is 22.8 Å². The molecule has 0 aliphatic rings. The number of aryl methyl sites for hydroxylation is 1. The number of imidazole rings is 2. The fourth-order valence-electron chi connectivity index (χ4n) is 4.09. The Labute approximate surface area is 204 Å². The van der Waals surface area contributed by atoms with Crippen LogP contribution in [0.4, 0.5) is 5.69 Å². The highest BCUT2D eigenvalue weighted by Gasteiger charge is 2.16. The maximum absolute atomic E-state index is 12.8. The molecule has 2 aromatic carbocycles. The van der Waals surface area contributed by atoms with Crippen molar-refractivity contribution in [3.05, 3.63) is 87.3 Å². The van der Waals surface area contributed by atoms with Crippen LogP contribution in [0.25, 0.3) is 28.1 Å². The summed E-state index contributed by atoms with van der Waals surface area (Å²) in [5.41, 5.74) is 5.71. The fraction of sp³-hybridized carbons (Fsp3) is 0.160. The normalized spacial score (nSPS) is 11.1. The maximum Gasteiger partial charge on any atom is 0.261 e. The zero-order chi connectivity index (χ0) is 23.7. The number of anilines is 1. The SMILES string of the molecule is COc1ccc(Br)cc1CCNc1cc[nH]c(=O)c1-c1nc2c(C)cc(-n3ccnc3)cc2[nH]1. The lowest BCUT2D eigenvalue weighted by Crippen LogP contribution is -2.14. The minimum Gasteiger partial charge on any atom is -0.496 e. The summed E-state index contributed by atoms with van der Waals surface area (Å²) in [7, 11) is 1.66. The molecular formula is C25H23BrN6O2. The average molecular weight is 519 g/mol. The monoisotopic (exact) mass is 518 g/mol. The van der Waals surface area contributed by atoms with Gasteiger partial charge in [0.15, 0.2) is 0 Å². The van der Waals surface area contributed by atoms with Crippen molar-refractivity contribution in [3.63, 3.8) is 0 Å². The zero-order valence-electron chi connectivity index (χ0n) is 18.7. The minimum atomic E-state index is -0.212. The number of ether oxygens (including phenoxy) is 1. The molecule has 0 fully saturated rings. The number of nitrogens with one attached hydrogen (secondary N) is 3. The van der Waals surface area contributed by atoms with Crippen molar-refractivity contribution < 1.29 is 4.74 Å². The molecule has 0 saturated carbocycles. The van der Waals surface area contributed by atoms with Crippen LogP contribution < -0.4 is 15.6 Å². The van der Waals surface area contributed by atoms with E-state index in [2.05, 4.69) is 36.2 Å². The van der Waals surface area contributed by atoms with Gasteiger partial charge < -0.3 is 24.6 Å². The molecule has 5 rings (SSSR count). The Bertz CT molecular complexity index is 1520. The third-order valence-electron chi connectivity index (χ3n) is 5.71. The lowest BCUT2D eigenvalue weighted by molar-refractivity contribution is 0.410. The number of H-pyrrole nitrogens is 2. The standard InChI is InChI=1S/C25H23BrN6O2/c1-15-11-18(32-10-9-27-14-32)13-20-23(15)31-24(30-20)22-19(6-8-29-25(22)33)28-7-5-16-12-17(26)3-4-21(16)34-2/h3-4,6,8-14H,5,7H2,1-2H3,(H,30,31)(H2,28,29,33). The van der Waals surface area contributed by atoms with Crippen LogP contribution in [0.3, 0.4) is 0 Å². The van der Waals surface area contributed by atoms with Crippen LogP contribution in [0, 0.1) is 6.92 Å². The number of benzene rings is 2. The van der Waals surface area contributed by atoms with Crippen LogP contribution in [0.1, 0.15) is 11.1 Å². The number of nitrogens with zero attached hydrogens (tertiary/aromatic N) is 3. The molecule has 8 nitrogen and oxygen atoms in total. The van der Waals surface area contributed by atoms with Gasteiger partial charge >= 0.3 is 0 Å². The molecule has 0 spiro atoms. The Kier molecular flexibility index (Phi) is 5.93. The van der Waals surface area contributed by atoms with E-state index in [-0.39, 0.29) is 5.56 Å². The third kappa shape index (κ3) is 4.22. The lowest BCUT2D eigenvalue weighted by Gasteiger charge is -2.12. The van der Waals surface area contributed by atoms with Gasteiger partial charge in [0.05, 0.1) is 30.2 Å². The number of hydrogen-bond donors (Lipinski definition) is 3. The Morgan fingerprint density at radius 2 is 2.09 bits per heavy atom. The van der Waals surface area contributed by atoms with Crippen molar-refractivity contribution >= 4 is 32.7 Å². The Balaban J connectivity index is 1.46. The summed E-state index contributed by atoms with van der Waals surface area (Å²) >= 11 is 3.52. The number of halogens is 1. The summed E-state index contributed by atoms with van der Waals surface area (Å²) < 4.78 is 8.40. The van der Waals surface area contributed by atoms with E-state index >= 15 is 0 Å². The molecule has 0 unspecified atom stereocenters. The molecule has 0 atom stereocenters. The lowest BCUT2D eigenvalue weighted by atomic mass is 10.1. The van der Waals surface area contributed by atoms with Gasteiger partial charge in [-0.2, -0.15) is 0 Å². The van der Waals surface area contributed by atoms with Crippen LogP contribution in [0.15, 0.2) is 70.6 Å². The number of rotatable bonds is 7. The van der Waals surface area contributed by atoms with Crippen LogP contribution >= 0.6 is 15.9 Å². The first-order chi connectivity index (χ1) is 16.5. The number of fused-ring (bicyclic) bond motifs is 1. The van der Waals surface area contributed by atoms with E-state index in [0.717, 1.165) is 44.5 Å². The molecular weight excluding hydrogens is 496 g/mol. The van der Waals surface area contributed by atoms with E-state index in [1.165, 1.54) is 0 Å². The Hall–Kier alpha value is -3.85. The predicted molar refractivity (Wildman–Crippen MR) is 137 cm³/mol. The molecule has 0 saturated heterocycles. The predicted octanol–water partition coefficient (Wildman–Crippen LogP) is 4.84. The highest BCUT2D eigenvalue weighted by Crippen LogP contribution is 2.28. The van der Waals surface area contributed by atoms with Crippen molar-refractivity contribution in [2.45, 2.75) is 13.3 Å². The summed E-state index contributed by atoms with van der Waals surface area (Å²) in [4.78, 5) is 27.8. The second-order valence-electron chi connectivity index (χ2n) is 7.94. The molecule has 0 aliphatic heterocycles. The first kappa shape index (κ1) is 22.0. The average Bonchev–Trinajstić information content (AvgIpc) is 3.50. The van der Waals surface area contributed by atoms with Gasteiger partial charge in [0.1, 0.15) is 17.1 Å². The molecule has 3 aromatic heterocycles. The molecule has 3 heterocycles. The van der Waals surface area contributed by atoms with Gasteiger partial charge in [-0.25, -0.2) is 9.97 Å². The molecule has 34 heavy (non-hydrogen) atoms. The molecule has 0 bridgehead atoms. The quantitative estimate of drug-likeness (QED) is 0.286. The number of aromatic amines is 2. The molecule has 0 amide bonds. The van der Waals surface area contributed by atoms with Crippen LogP contribution in [-0.2, 0) is 6.42 Å². The maximum atomic E-state index is 12.8. The number of methoxy groups -OCH3 is 1. The smallest absolute Gasteiger partial charge is 0.261 e. The summed E-state index contributed by atoms with van der Waals surface area (Å²) in [6.45, 7) is 2.63. The van der Waals surface area contributed by atoms with Gasteiger partial charge in [-0.05, 0) is 60.9 Å². The highest BCUT2D eigenvalue weighted by molar-refractivity contribution is 9.10. The summed E-state index contributed by atoms with van der Waals surface area (Å²) in [6, 6.07) is 11.8. The second kappa shape index (κ2) is 9.18. The fourth-order valence-corrected chi connectivity index (χ4v) is 4.49. The van der Waals surface area contributed by atoms with Crippen LogP contribution in [-0.4, -0.2) is 38.2 Å². The highest BCUT2D eigenvalue weighted by atomic mass is 79.9. The van der Waals surface area contributed by atoms with Gasteiger partial charge in [0.2, 0.25) is 0 Å². The largest absolute Gasteiger partial charge is 0.496 e. The van der Waals surface area contributed by atoms with Gasteiger partial charge in [-0.1, -0.05) is 15.9 Å². The van der Waals surface area contributed by atoms with E-state index in [9.17, 15) is 4.79 Å². The number of aromatic nitrogens is 5. The van der Waals surface area contributed by atoms with Crippen molar-refractivity contribution in [2.24, 2.45) is 0 Å². The summed E-state index contributed by atoms with van der Waals surface area (Å²) in [5, 5.41) is 3.40. The third-order valence-corrected chi connectivity index (χ3v) is 6.21.